The van der Waals surface area contributed by atoms with Crippen LogP contribution in [0, 0.1) is 11.3 Å². The molecule has 0 aliphatic heterocycles. The molecule has 0 radical (unpaired) electrons. The molecular weight excluding hydrogens is 431 g/mol. The summed E-state index contributed by atoms with van der Waals surface area (Å²) >= 11 is 0.705. The van der Waals surface area contributed by atoms with E-state index in [4.69, 9.17) is 4.52 Å². The van der Waals surface area contributed by atoms with E-state index >= 15 is 0 Å². The molecule has 2 aromatic heterocycles. The lowest BCUT2D eigenvalue weighted by Gasteiger charge is -2.15. The molecule has 160 valence electrons. The molecule has 3 rings (SSSR count). The first kappa shape index (κ1) is 22.3. The normalized spacial score (nSPS) is 12.2. The van der Waals surface area contributed by atoms with E-state index in [-0.39, 0.29) is 28.4 Å². The van der Waals surface area contributed by atoms with Crippen LogP contribution in [0.25, 0.3) is 11.3 Å². The largest absolute Gasteiger partial charge is 0.861 e. The monoisotopic (exact) mass is 447 g/mol. The second-order valence-corrected chi connectivity index (χ2v) is 7.58. The molecule has 31 heavy (non-hydrogen) atoms. The van der Waals surface area contributed by atoms with Gasteiger partial charge < -0.3 is 5.11 Å². The molecule has 0 aliphatic rings. The maximum Gasteiger partial charge on any atom is 0.417 e. The van der Waals surface area contributed by atoms with Gasteiger partial charge in [0, 0.05) is 11.3 Å². The van der Waals surface area contributed by atoms with Crippen LogP contribution in [0.3, 0.4) is 0 Å². The zero-order chi connectivity index (χ0) is 22.6. The topological polar surface area (TPSA) is 102 Å². The SMILES string of the molecule is CC(C)[n+]1cc(/N=C(/[O-])CSc2nc(-c3ccccc3)cc(C(F)(F)F)c2C#N)on1. The number of halogens is 3. The van der Waals surface area contributed by atoms with E-state index in [2.05, 4.69) is 15.2 Å². The van der Waals surface area contributed by atoms with Crippen molar-refractivity contribution >= 4 is 23.5 Å². The van der Waals surface area contributed by atoms with Crippen molar-refractivity contribution in [2.24, 2.45) is 4.99 Å². The number of hydrogen-bond donors (Lipinski definition) is 0. The third kappa shape index (κ3) is 5.40. The Morgan fingerprint density at radius 1 is 1.32 bits per heavy atom. The van der Waals surface area contributed by atoms with Crippen LogP contribution in [0.2, 0.25) is 0 Å². The van der Waals surface area contributed by atoms with E-state index < -0.39 is 23.2 Å². The average molecular weight is 447 g/mol. The Kier molecular flexibility index (Phi) is 6.60. The first-order chi connectivity index (χ1) is 14.7. The number of benzene rings is 1. The Hall–Kier alpha value is -3.39. The van der Waals surface area contributed by atoms with Crippen molar-refractivity contribution in [3.05, 3.63) is 53.7 Å². The third-order valence-electron chi connectivity index (χ3n) is 4.04. The maximum absolute atomic E-state index is 13.6. The van der Waals surface area contributed by atoms with Crippen molar-refractivity contribution < 1.29 is 27.5 Å². The van der Waals surface area contributed by atoms with Crippen molar-refractivity contribution in [2.75, 3.05) is 5.75 Å². The molecule has 0 saturated heterocycles. The predicted octanol–water partition coefficient (Wildman–Crippen LogP) is 3.68. The number of aliphatic imine (C=N–C) groups is 1. The van der Waals surface area contributed by atoms with Crippen molar-refractivity contribution in [2.45, 2.75) is 31.1 Å². The number of nitrogens with zero attached hydrogens (tertiary/aromatic N) is 5. The summed E-state index contributed by atoms with van der Waals surface area (Å²) in [7, 11) is 0. The van der Waals surface area contributed by atoms with Gasteiger partial charge >= 0.3 is 12.1 Å². The lowest BCUT2D eigenvalue weighted by atomic mass is 10.1. The number of nitriles is 1. The Balaban J connectivity index is 1.93. The smallest absolute Gasteiger partial charge is 0.417 e. The van der Waals surface area contributed by atoms with E-state index in [1.807, 2.05) is 13.8 Å². The second-order valence-electron chi connectivity index (χ2n) is 6.62. The highest BCUT2D eigenvalue weighted by atomic mass is 32.2. The van der Waals surface area contributed by atoms with Gasteiger partial charge in [0.05, 0.1) is 16.8 Å². The summed E-state index contributed by atoms with van der Waals surface area (Å²) in [5.41, 5.74) is -1.24. The number of thioether (sulfide) groups is 1. The lowest BCUT2D eigenvalue weighted by molar-refractivity contribution is -0.779. The predicted molar refractivity (Wildman–Crippen MR) is 104 cm³/mol. The first-order valence-electron chi connectivity index (χ1n) is 9.02. The van der Waals surface area contributed by atoms with E-state index in [1.54, 1.807) is 36.4 Å². The highest BCUT2D eigenvalue weighted by Crippen LogP contribution is 2.37. The van der Waals surface area contributed by atoms with Crippen molar-refractivity contribution in [1.82, 2.24) is 10.3 Å². The molecule has 0 unspecified atom stereocenters. The van der Waals surface area contributed by atoms with Crippen molar-refractivity contribution in [3.8, 4) is 17.3 Å². The quantitative estimate of drug-likeness (QED) is 0.247. The maximum atomic E-state index is 13.6. The Bertz CT molecular complexity index is 1140. The number of pyridine rings is 1. The molecule has 0 saturated carbocycles. The molecule has 11 heteroatoms. The minimum absolute atomic E-state index is 0.001000. The Morgan fingerprint density at radius 3 is 2.61 bits per heavy atom. The van der Waals surface area contributed by atoms with Crippen LogP contribution in [0.4, 0.5) is 19.1 Å². The standard InChI is InChI=1S/C20H16F3N5O2S/c1-12(2)28-10-18(30-27-28)26-17(29)11-31-19-14(9-24)15(20(21,22)23)8-16(25-19)13-6-4-3-5-7-13/h3-8,10,12H,11H2,1-2H3. The fourth-order valence-corrected chi connectivity index (χ4v) is 3.33. The van der Waals surface area contributed by atoms with Gasteiger partial charge in [-0.25, -0.2) is 9.98 Å². The van der Waals surface area contributed by atoms with Crippen LogP contribution >= 0.6 is 11.8 Å². The van der Waals surface area contributed by atoms with Gasteiger partial charge in [0.25, 0.3) is 6.20 Å². The molecule has 0 aliphatic carbocycles. The van der Waals surface area contributed by atoms with E-state index in [0.717, 1.165) is 6.07 Å². The van der Waals surface area contributed by atoms with Crippen LogP contribution in [-0.2, 0) is 6.18 Å². The summed E-state index contributed by atoms with van der Waals surface area (Å²) in [5.74, 6) is -1.03. The van der Waals surface area contributed by atoms with Gasteiger partial charge in [-0.1, -0.05) is 42.1 Å². The summed E-state index contributed by atoms with van der Waals surface area (Å²) in [6.45, 7) is 3.72. The zero-order valence-corrected chi connectivity index (χ0v) is 17.2. The Morgan fingerprint density at radius 2 is 2.03 bits per heavy atom. The van der Waals surface area contributed by atoms with Crippen LogP contribution in [0.1, 0.15) is 31.0 Å². The van der Waals surface area contributed by atoms with Crippen LogP contribution < -0.4 is 9.79 Å². The molecule has 0 atom stereocenters. The summed E-state index contributed by atoms with van der Waals surface area (Å²) in [6, 6.07) is 10.7. The number of alkyl halides is 3. The average Bonchev–Trinajstić information content (AvgIpc) is 3.20. The number of aromatic nitrogens is 3. The van der Waals surface area contributed by atoms with Gasteiger partial charge in [0.15, 0.2) is 6.04 Å². The van der Waals surface area contributed by atoms with Crippen molar-refractivity contribution in [3.63, 3.8) is 0 Å². The summed E-state index contributed by atoms with van der Waals surface area (Å²) < 4.78 is 47.1. The molecule has 0 spiro atoms. The van der Waals surface area contributed by atoms with Crippen LogP contribution in [-0.4, -0.2) is 21.9 Å². The molecular formula is C20H16F3N5O2S. The van der Waals surface area contributed by atoms with Gasteiger partial charge in [0.1, 0.15) is 11.1 Å². The summed E-state index contributed by atoms with van der Waals surface area (Å²) in [5, 5.41) is 25.0. The molecule has 0 fully saturated rings. The molecule has 2 heterocycles. The first-order valence-corrected chi connectivity index (χ1v) is 10.0. The van der Waals surface area contributed by atoms with Crippen LogP contribution in [0.15, 0.2) is 57.1 Å². The fraction of sp³-hybridized carbons (Fsp3) is 0.250. The minimum Gasteiger partial charge on any atom is -0.861 e. The molecule has 0 N–H and O–H groups in total. The van der Waals surface area contributed by atoms with Gasteiger partial charge in [-0.2, -0.15) is 18.4 Å². The van der Waals surface area contributed by atoms with Gasteiger partial charge in [-0.15, -0.1) is 0 Å². The van der Waals surface area contributed by atoms with Gasteiger partial charge in [-0.05, 0) is 30.5 Å². The molecule has 7 nitrogen and oxygen atoms in total. The number of hydrogen-bond acceptors (Lipinski definition) is 7. The minimum atomic E-state index is -4.76. The van der Waals surface area contributed by atoms with Crippen molar-refractivity contribution in [1.29, 1.82) is 5.26 Å². The van der Waals surface area contributed by atoms with E-state index in [9.17, 15) is 23.5 Å². The lowest BCUT2D eigenvalue weighted by Crippen LogP contribution is -2.36. The zero-order valence-electron chi connectivity index (χ0n) is 16.4. The van der Waals surface area contributed by atoms with E-state index in [1.165, 1.54) is 10.9 Å². The highest BCUT2D eigenvalue weighted by Gasteiger charge is 2.36. The Labute approximate surface area is 179 Å². The fourth-order valence-electron chi connectivity index (χ4n) is 2.54. The third-order valence-corrected chi connectivity index (χ3v) is 5.00. The van der Waals surface area contributed by atoms with Gasteiger partial charge in [-0.3, -0.25) is 4.52 Å². The molecule has 0 bridgehead atoms. The summed E-state index contributed by atoms with van der Waals surface area (Å²) in [6.07, 6.45) is -3.32. The molecule has 0 amide bonds. The highest BCUT2D eigenvalue weighted by molar-refractivity contribution is 7.99. The second kappa shape index (κ2) is 9.18. The van der Waals surface area contributed by atoms with Crippen LogP contribution in [0.5, 0.6) is 0 Å². The molecule has 1 aromatic carbocycles. The van der Waals surface area contributed by atoms with E-state index in [0.29, 0.717) is 17.3 Å². The van der Waals surface area contributed by atoms with Gasteiger partial charge in [0.2, 0.25) is 5.27 Å². The summed E-state index contributed by atoms with van der Waals surface area (Å²) in [4.78, 5) is 7.94. The molecule has 3 aromatic rings. The number of rotatable bonds is 6.